The van der Waals surface area contributed by atoms with Crippen molar-refractivity contribution in [2.45, 2.75) is 13.5 Å². The summed E-state index contributed by atoms with van der Waals surface area (Å²) in [4.78, 5) is 10.9. The fourth-order valence-corrected chi connectivity index (χ4v) is 1.24. The third kappa shape index (κ3) is 4.25. The number of carbonyl (C=O) groups is 1. The molecule has 0 radical (unpaired) electrons. The number of amides is 1. The lowest BCUT2D eigenvalue weighted by Crippen LogP contribution is -2.23. The topological polar surface area (TPSA) is 38.3 Å². The standard InChI is InChI=1S/C11H15NO2S/c1-2-14-10-5-3-9(4-6-10)7-12-11(13)8-15/h3-6,15H,2,7-8H2,1H3,(H,12,13). The van der Waals surface area contributed by atoms with Crippen LogP contribution in [0.25, 0.3) is 0 Å². The minimum absolute atomic E-state index is 0.0628. The molecule has 1 amide bonds. The van der Waals surface area contributed by atoms with Crippen molar-refractivity contribution >= 4 is 18.5 Å². The monoisotopic (exact) mass is 225 g/mol. The van der Waals surface area contributed by atoms with Crippen LogP contribution in [0.2, 0.25) is 0 Å². The van der Waals surface area contributed by atoms with Gasteiger partial charge in [0.1, 0.15) is 5.75 Å². The van der Waals surface area contributed by atoms with E-state index in [0.29, 0.717) is 13.2 Å². The highest BCUT2D eigenvalue weighted by molar-refractivity contribution is 7.81. The Morgan fingerprint density at radius 1 is 1.40 bits per heavy atom. The SMILES string of the molecule is CCOc1ccc(CNC(=O)CS)cc1. The van der Waals surface area contributed by atoms with E-state index >= 15 is 0 Å². The number of thiol groups is 1. The Bertz CT molecular complexity index is 311. The Kier molecular flexibility index (Phi) is 5.04. The van der Waals surface area contributed by atoms with Crippen LogP contribution in [0.3, 0.4) is 0 Å². The van der Waals surface area contributed by atoms with Gasteiger partial charge < -0.3 is 10.1 Å². The van der Waals surface area contributed by atoms with Gasteiger partial charge in [-0.15, -0.1) is 0 Å². The summed E-state index contributed by atoms with van der Waals surface area (Å²) in [6.45, 7) is 3.14. The molecule has 1 aromatic rings. The summed E-state index contributed by atoms with van der Waals surface area (Å²) in [7, 11) is 0. The van der Waals surface area contributed by atoms with Crippen LogP contribution in [0.15, 0.2) is 24.3 Å². The van der Waals surface area contributed by atoms with E-state index in [0.717, 1.165) is 11.3 Å². The smallest absolute Gasteiger partial charge is 0.229 e. The summed E-state index contributed by atoms with van der Waals surface area (Å²) in [5.74, 6) is 1.01. The molecule has 3 nitrogen and oxygen atoms in total. The maximum absolute atomic E-state index is 10.9. The predicted octanol–water partition coefficient (Wildman–Crippen LogP) is 1.63. The zero-order valence-electron chi connectivity index (χ0n) is 8.69. The predicted molar refractivity (Wildman–Crippen MR) is 63.3 cm³/mol. The second-order valence-corrected chi connectivity index (χ2v) is 3.33. The van der Waals surface area contributed by atoms with E-state index in [2.05, 4.69) is 17.9 Å². The Morgan fingerprint density at radius 3 is 2.60 bits per heavy atom. The van der Waals surface area contributed by atoms with Gasteiger partial charge in [-0.1, -0.05) is 12.1 Å². The van der Waals surface area contributed by atoms with Crippen LogP contribution in [0.5, 0.6) is 5.75 Å². The molecule has 0 aromatic heterocycles. The van der Waals surface area contributed by atoms with Crippen molar-refractivity contribution < 1.29 is 9.53 Å². The molecule has 0 fully saturated rings. The van der Waals surface area contributed by atoms with Crippen LogP contribution in [0.1, 0.15) is 12.5 Å². The summed E-state index contributed by atoms with van der Waals surface area (Å²) in [6, 6.07) is 7.66. The van der Waals surface area contributed by atoms with Gasteiger partial charge in [0.2, 0.25) is 5.91 Å². The molecule has 0 spiro atoms. The van der Waals surface area contributed by atoms with Crippen LogP contribution in [0.4, 0.5) is 0 Å². The molecule has 0 saturated carbocycles. The second kappa shape index (κ2) is 6.35. The van der Waals surface area contributed by atoms with E-state index in [9.17, 15) is 4.79 Å². The van der Waals surface area contributed by atoms with Crippen molar-refractivity contribution in [2.75, 3.05) is 12.4 Å². The largest absolute Gasteiger partial charge is 0.494 e. The van der Waals surface area contributed by atoms with Crippen LogP contribution in [-0.2, 0) is 11.3 Å². The lowest BCUT2D eigenvalue weighted by atomic mass is 10.2. The van der Waals surface area contributed by atoms with Crippen LogP contribution in [-0.4, -0.2) is 18.3 Å². The lowest BCUT2D eigenvalue weighted by Gasteiger charge is -2.05. The van der Waals surface area contributed by atoms with Gasteiger partial charge in [0, 0.05) is 6.54 Å². The molecule has 0 saturated heterocycles. The molecule has 82 valence electrons. The number of rotatable bonds is 5. The quantitative estimate of drug-likeness (QED) is 0.748. The minimum atomic E-state index is -0.0628. The molecule has 1 rings (SSSR count). The highest BCUT2D eigenvalue weighted by Gasteiger charge is 1.98. The fraction of sp³-hybridized carbons (Fsp3) is 0.364. The van der Waals surface area contributed by atoms with Crippen molar-refractivity contribution in [1.29, 1.82) is 0 Å². The van der Waals surface area contributed by atoms with Gasteiger partial charge in [-0.2, -0.15) is 12.6 Å². The Morgan fingerprint density at radius 2 is 2.07 bits per heavy atom. The van der Waals surface area contributed by atoms with Crippen molar-refractivity contribution in [2.24, 2.45) is 0 Å². The number of ether oxygens (including phenoxy) is 1. The first-order chi connectivity index (χ1) is 7.26. The molecule has 0 aliphatic rings. The molecule has 0 bridgehead atoms. The molecule has 15 heavy (non-hydrogen) atoms. The van der Waals surface area contributed by atoms with Gasteiger partial charge in [0.15, 0.2) is 0 Å². The van der Waals surface area contributed by atoms with Crippen molar-refractivity contribution in [3.63, 3.8) is 0 Å². The minimum Gasteiger partial charge on any atom is -0.494 e. The molecular formula is C11H15NO2S. The van der Waals surface area contributed by atoms with Gasteiger partial charge in [-0.25, -0.2) is 0 Å². The molecule has 0 aliphatic carbocycles. The molecule has 4 heteroatoms. The van der Waals surface area contributed by atoms with Gasteiger partial charge in [0.25, 0.3) is 0 Å². The van der Waals surface area contributed by atoms with Crippen LogP contribution < -0.4 is 10.1 Å². The van der Waals surface area contributed by atoms with Gasteiger partial charge >= 0.3 is 0 Å². The Balaban J connectivity index is 2.45. The van der Waals surface area contributed by atoms with Crippen molar-refractivity contribution in [3.8, 4) is 5.75 Å². The molecule has 0 atom stereocenters. The van der Waals surface area contributed by atoms with E-state index in [1.54, 1.807) is 0 Å². The third-order valence-electron chi connectivity index (χ3n) is 1.87. The summed E-state index contributed by atoms with van der Waals surface area (Å²) < 4.78 is 5.31. The highest BCUT2D eigenvalue weighted by atomic mass is 32.1. The zero-order valence-corrected chi connectivity index (χ0v) is 9.59. The highest BCUT2D eigenvalue weighted by Crippen LogP contribution is 2.11. The zero-order chi connectivity index (χ0) is 11.1. The number of benzene rings is 1. The molecule has 0 unspecified atom stereocenters. The number of carbonyl (C=O) groups excluding carboxylic acids is 1. The van der Waals surface area contributed by atoms with Crippen LogP contribution >= 0.6 is 12.6 Å². The van der Waals surface area contributed by atoms with Gasteiger partial charge in [0.05, 0.1) is 12.4 Å². The Labute approximate surface area is 95.2 Å². The van der Waals surface area contributed by atoms with E-state index in [1.165, 1.54) is 0 Å². The molecular weight excluding hydrogens is 210 g/mol. The summed E-state index contributed by atoms with van der Waals surface area (Å²) >= 11 is 3.87. The Hall–Kier alpha value is -1.16. The van der Waals surface area contributed by atoms with E-state index < -0.39 is 0 Å². The van der Waals surface area contributed by atoms with Crippen LogP contribution in [0, 0.1) is 0 Å². The van der Waals surface area contributed by atoms with Crippen molar-refractivity contribution in [1.82, 2.24) is 5.32 Å². The summed E-state index contributed by atoms with van der Waals surface area (Å²) in [5, 5.41) is 2.74. The average Bonchev–Trinajstić information content (AvgIpc) is 2.28. The van der Waals surface area contributed by atoms with Crippen molar-refractivity contribution in [3.05, 3.63) is 29.8 Å². The first-order valence-electron chi connectivity index (χ1n) is 4.85. The average molecular weight is 225 g/mol. The molecule has 0 aliphatic heterocycles. The maximum atomic E-state index is 10.9. The maximum Gasteiger partial charge on any atom is 0.229 e. The number of hydrogen-bond acceptors (Lipinski definition) is 3. The summed E-state index contributed by atoms with van der Waals surface area (Å²) in [6.07, 6.45) is 0. The molecule has 1 N–H and O–H groups in total. The second-order valence-electron chi connectivity index (χ2n) is 3.01. The van der Waals surface area contributed by atoms with Gasteiger partial charge in [-0.05, 0) is 24.6 Å². The first kappa shape index (κ1) is 11.9. The normalized spacial score (nSPS) is 9.73. The van der Waals surface area contributed by atoms with E-state index in [4.69, 9.17) is 4.74 Å². The number of hydrogen-bond donors (Lipinski definition) is 2. The number of nitrogens with one attached hydrogen (secondary N) is 1. The summed E-state index contributed by atoms with van der Waals surface area (Å²) in [5.41, 5.74) is 1.05. The third-order valence-corrected chi connectivity index (χ3v) is 2.15. The van der Waals surface area contributed by atoms with E-state index in [-0.39, 0.29) is 11.7 Å². The molecule has 1 aromatic carbocycles. The molecule has 0 heterocycles. The fourth-order valence-electron chi connectivity index (χ4n) is 1.13. The lowest BCUT2D eigenvalue weighted by molar-refractivity contribution is -0.118. The first-order valence-corrected chi connectivity index (χ1v) is 5.48. The van der Waals surface area contributed by atoms with Gasteiger partial charge in [-0.3, -0.25) is 4.79 Å². The van der Waals surface area contributed by atoms with E-state index in [1.807, 2.05) is 31.2 Å².